The van der Waals surface area contributed by atoms with Crippen molar-refractivity contribution in [2.45, 2.75) is 13.3 Å². The van der Waals surface area contributed by atoms with E-state index in [4.69, 9.17) is 4.74 Å². The number of nitrogens with zero attached hydrogens (tertiary/aromatic N) is 1. The first kappa shape index (κ1) is 20.2. The quantitative estimate of drug-likeness (QED) is 0.447. The number of amides is 3. The van der Waals surface area contributed by atoms with Crippen LogP contribution in [0.4, 0.5) is 11.4 Å². The third kappa shape index (κ3) is 3.30. The molecule has 2 aromatic rings. The van der Waals surface area contributed by atoms with Crippen LogP contribution in [0.2, 0.25) is 0 Å². The summed E-state index contributed by atoms with van der Waals surface area (Å²) in [6, 6.07) is 13.5. The predicted octanol–water partition coefficient (Wildman–Crippen LogP) is 3.10. The van der Waals surface area contributed by atoms with Crippen LogP contribution in [0.5, 0.6) is 0 Å². The molecule has 0 radical (unpaired) electrons. The first-order valence-corrected chi connectivity index (χ1v) is 10.6. The number of rotatable bonds is 5. The number of fused-ring (bicyclic) bond motifs is 5. The van der Waals surface area contributed by atoms with E-state index < -0.39 is 18.5 Å². The second-order valence-electron chi connectivity index (χ2n) is 8.50. The molecule has 1 aliphatic heterocycles. The Morgan fingerprint density at radius 2 is 1.69 bits per heavy atom. The fourth-order valence-electron chi connectivity index (χ4n) is 5.04. The first-order chi connectivity index (χ1) is 15.4. The van der Waals surface area contributed by atoms with Gasteiger partial charge in [-0.15, -0.1) is 0 Å². The zero-order chi connectivity index (χ0) is 22.4. The molecule has 1 saturated heterocycles. The Hall–Kier alpha value is -3.74. The summed E-state index contributed by atoms with van der Waals surface area (Å²) >= 11 is 0. The van der Waals surface area contributed by atoms with Crippen LogP contribution in [0.1, 0.15) is 22.3 Å². The Balaban J connectivity index is 1.26. The van der Waals surface area contributed by atoms with Crippen molar-refractivity contribution in [2.75, 3.05) is 16.8 Å². The number of anilines is 2. The van der Waals surface area contributed by atoms with Crippen molar-refractivity contribution in [3.8, 4) is 0 Å². The molecule has 0 aromatic heterocycles. The molecule has 2 aromatic carbocycles. The van der Waals surface area contributed by atoms with Gasteiger partial charge in [-0.2, -0.15) is 0 Å². The van der Waals surface area contributed by atoms with Gasteiger partial charge < -0.3 is 10.1 Å². The van der Waals surface area contributed by atoms with Gasteiger partial charge in [0.05, 0.1) is 23.1 Å². The highest BCUT2D eigenvalue weighted by atomic mass is 16.5. The Kier molecular flexibility index (Phi) is 4.89. The van der Waals surface area contributed by atoms with E-state index in [-0.39, 0.29) is 41.0 Å². The molecule has 7 heteroatoms. The molecule has 5 rings (SSSR count). The molecule has 2 aliphatic carbocycles. The van der Waals surface area contributed by atoms with Crippen molar-refractivity contribution >= 4 is 35.1 Å². The largest absolute Gasteiger partial charge is 0.452 e. The summed E-state index contributed by atoms with van der Waals surface area (Å²) in [5.74, 6) is -1.95. The van der Waals surface area contributed by atoms with Gasteiger partial charge in [0.2, 0.25) is 11.8 Å². The van der Waals surface area contributed by atoms with Crippen molar-refractivity contribution in [1.82, 2.24) is 0 Å². The van der Waals surface area contributed by atoms with Gasteiger partial charge in [0.1, 0.15) is 0 Å². The number of aryl methyl sites for hydroxylation is 1. The van der Waals surface area contributed by atoms with Crippen molar-refractivity contribution in [1.29, 1.82) is 0 Å². The second-order valence-corrected chi connectivity index (χ2v) is 8.50. The lowest BCUT2D eigenvalue weighted by molar-refractivity contribution is -0.123. The van der Waals surface area contributed by atoms with E-state index in [0.29, 0.717) is 11.4 Å². The summed E-state index contributed by atoms with van der Waals surface area (Å²) in [4.78, 5) is 51.8. The van der Waals surface area contributed by atoms with Gasteiger partial charge in [0, 0.05) is 5.69 Å². The number of benzene rings is 2. The molecule has 7 nitrogen and oxygen atoms in total. The number of carbonyl (C=O) groups excluding carboxylic acids is 4. The van der Waals surface area contributed by atoms with Gasteiger partial charge in [0.25, 0.3) is 5.91 Å². The van der Waals surface area contributed by atoms with Crippen LogP contribution in [-0.4, -0.2) is 30.3 Å². The highest BCUT2D eigenvalue weighted by Crippen LogP contribution is 2.53. The van der Waals surface area contributed by atoms with Gasteiger partial charge in [-0.1, -0.05) is 36.4 Å². The highest BCUT2D eigenvalue weighted by molar-refractivity contribution is 6.23. The molecule has 162 valence electrons. The molecule has 2 bridgehead atoms. The Morgan fingerprint density at radius 3 is 2.38 bits per heavy atom. The minimum Gasteiger partial charge on any atom is -0.452 e. The molecule has 3 aliphatic rings. The van der Waals surface area contributed by atoms with E-state index in [0.717, 1.165) is 12.0 Å². The van der Waals surface area contributed by atoms with E-state index in [1.54, 1.807) is 24.3 Å². The zero-order valence-electron chi connectivity index (χ0n) is 17.5. The van der Waals surface area contributed by atoms with Crippen LogP contribution in [-0.2, 0) is 19.1 Å². The third-order valence-electron chi connectivity index (χ3n) is 6.56. The molecule has 4 atom stereocenters. The normalized spacial score (nSPS) is 25.2. The van der Waals surface area contributed by atoms with Crippen molar-refractivity contribution < 1.29 is 23.9 Å². The van der Waals surface area contributed by atoms with Crippen LogP contribution in [0.3, 0.4) is 0 Å². The summed E-state index contributed by atoms with van der Waals surface area (Å²) < 4.78 is 5.14. The molecule has 1 saturated carbocycles. The maximum absolute atomic E-state index is 13.0. The summed E-state index contributed by atoms with van der Waals surface area (Å²) in [5.41, 5.74) is 2.07. The number of ether oxygens (including phenoxy) is 1. The average molecular weight is 430 g/mol. The number of hydrogen-bond acceptors (Lipinski definition) is 5. The standard InChI is InChI=1S/C25H22N2O5/c1-14-5-2-3-8-19(14)26-20(28)13-32-25(31)17-6-4-7-18(12-17)27-23(29)21-15-9-10-16(11-15)22(21)24(27)30/h2-10,12,15-16,21-22H,11,13H2,1H3,(H,26,28)/t15-,16-,21-,22+/m0/s1. The minimum absolute atomic E-state index is 0.117. The third-order valence-corrected chi connectivity index (χ3v) is 6.56. The fourth-order valence-corrected chi connectivity index (χ4v) is 5.04. The number of para-hydroxylation sites is 1. The molecule has 3 amide bonds. The molecule has 2 fully saturated rings. The van der Waals surface area contributed by atoms with E-state index in [1.807, 2.05) is 31.2 Å². The minimum atomic E-state index is -0.701. The Morgan fingerprint density at radius 1 is 1.00 bits per heavy atom. The molecule has 0 unspecified atom stereocenters. The van der Waals surface area contributed by atoms with Gasteiger partial charge in [-0.3, -0.25) is 14.4 Å². The summed E-state index contributed by atoms with van der Waals surface area (Å²) in [5, 5.41) is 2.70. The van der Waals surface area contributed by atoms with Gasteiger partial charge in [0.15, 0.2) is 6.61 Å². The maximum atomic E-state index is 13.0. The average Bonchev–Trinajstić information content (AvgIpc) is 3.47. The van der Waals surface area contributed by atoms with E-state index >= 15 is 0 Å². The lowest BCUT2D eigenvalue weighted by Gasteiger charge is -2.18. The zero-order valence-corrected chi connectivity index (χ0v) is 17.5. The molecule has 1 heterocycles. The molecule has 32 heavy (non-hydrogen) atoms. The second kappa shape index (κ2) is 7.75. The lowest BCUT2D eigenvalue weighted by atomic mass is 9.85. The fraction of sp³-hybridized carbons (Fsp3) is 0.280. The SMILES string of the molecule is Cc1ccccc1NC(=O)COC(=O)c1cccc(N2C(=O)[C@@H]3[C@H](C2=O)[C@H]2C=C[C@H]3C2)c1. The van der Waals surface area contributed by atoms with E-state index in [9.17, 15) is 19.2 Å². The van der Waals surface area contributed by atoms with Crippen LogP contribution >= 0.6 is 0 Å². The monoisotopic (exact) mass is 430 g/mol. The van der Waals surface area contributed by atoms with Crippen molar-refractivity contribution in [2.24, 2.45) is 23.7 Å². The van der Waals surface area contributed by atoms with E-state index in [1.165, 1.54) is 17.0 Å². The van der Waals surface area contributed by atoms with Gasteiger partial charge >= 0.3 is 5.97 Å². The number of esters is 1. The maximum Gasteiger partial charge on any atom is 0.338 e. The van der Waals surface area contributed by atoms with Crippen LogP contribution in [0, 0.1) is 30.6 Å². The van der Waals surface area contributed by atoms with Crippen molar-refractivity contribution in [3.05, 3.63) is 71.8 Å². The first-order valence-electron chi connectivity index (χ1n) is 10.6. The van der Waals surface area contributed by atoms with Gasteiger partial charge in [-0.05, 0) is 55.0 Å². The number of allylic oxidation sites excluding steroid dienone is 2. The Bertz CT molecular complexity index is 1140. The highest BCUT2D eigenvalue weighted by Gasteiger charge is 2.59. The van der Waals surface area contributed by atoms with Crippen LogP contribution in [0.25, 0.3) is 0 Å². The predicted molar refractivity (Wildman–Crippen MR) is 117 cm³/mol. The lowest BCUT2D eigenvalue weighted by Crippen LogP contribution is -2.33. The Labute approximate surface area is 185 Å². The molecular weight excluding hydrogens is 408 g/mol. The van der Waals surface area contributed by atoms with E-state index in [2.05, 4.69) is 5.32 Å². The summed E-state index contributed by atoms with van der Waals surface area (Å²) in [6.45, 7) is 1.42. The smallest absolute Gasteiger partial charge is 0.338 e. The molecular formula is C25H22N2O5. The summed E-state index contributed by atoms with van der Waals surface area (Å²) in [6.07, 6.45) is 4.93. The number of imide groups is 1. The number of carbonyl (C=O) groups is 4. The topological polar surface area (TPSA) is 92.8 Å². The molecule has 0 spiro atoms. The van der Waals surface area contributed by atoms with Crippen molar-refractivity contribution in [3.63, 3.8) is 0 Å². The molecule has 1 N–H and O–H groups in total. The van der Waals surface area contributed by atoms with Gasteiger partial charge in [-0.25, -0.2) is 9.69 Å². The van der Waals surface area contributed by atoms with Crippen LogP contribution < -0.4 is 10.2 Å². The summed E-state index contributed by atoms with van der Waals surface area (Å²) in [7, 11) is 0. The van der Waals surface area contributed by atoms with Crippen LogP contribution in [0.15, 0.2) is 60.7 Å². The number of nitrogens with one attached hydrogen (secondary N) is 1. The number of hydrogen-bond donors (Lipinski definition) is 1.